The van der Waals surface area contributed by atoms with Crippen molar-refractivity contribution in [2.45, 2.75) is 13.0 Å². The van der Waals surface area contributed by atoms with E-state index in [1.54, 1.807) is 14.2 Å². The molecule has 0 bridgehead atoms. The van der Waals surface area contributed by atoms with Crippen molar-refractivity contribution in [1.82, 2.24) is 14.8 Å². The highest BCUT2D eigenvalue weighted by Gasteiger charge is 2.11. The van der Waals surface area contributed by atoms with Crippen molar-refractivity contribution >= 4 is 33.3 Å². The Kier molecular flexibility index (Phi) is 5.44. The number of benzene rings is 2. The average molecular weight is 408 g/mol. The highest BCUT2D eigenvalue weighted by Crippen LogP contribution is 2.23. The van der Waals surface area contributed by atoms with Crippen LogP contribution in [0.15, 0.2) is 54.7 Å². The zero-order chi connectivity index (χ0) is 20.2. The van der Waals surface area contributed by atoms with Crippen molar-refractivity contribution < 1.29 is 14.3 Å². The smallest absolute Gasteiger partial charge is 0.246 e. The molecule has 4 aromatic rings. The van der Waals surface area contributed by atoms with E-state index in [0.717, 1.165) is 33.0 Å². The number of nitrogens with zero attached hydrogens (tertiary/aromatic N) is 3. The molecule has 0 atom stereocenters. The molecule has 0 spiro atoms. The summed E-state index contributed by atoms with van der Waals surface area (Å²) >= 11 is 1.38. The van der Waals surface area contributed by atoms with Gasteiger partial charge < -0.3 is 14.0 Å². The van der Waals surface area contributed by atoms with Gasteiger partial charge in [0.2, 0.25) is 11.0 Å². The Morgan fingerprint density at radius 1 is 1.03 bits per heavy atom. The molecule has 2 aromatic heterocycles. The zero-order valence-corrected chi connectivity index (χ0v) is 16.9. The molecule has 4 rings (SSSR count). The Bertz CT molecular complexity index is 1130. The second-order valence-electron chi connectivity index (χ2n) is 6.44. The van der Waals surface area contributed by atoms with Gasteiger partial charge in [-0.05, 0) is 42.0 Å². The summed E-state index contributed by atoms with van der Waals surface area (Å²) in [7, 11) is 3.28. The monoisotopic (exact) mass is 408 g/mol. The first-order valence-electron chi connectivity index (χ1n) is 9.02. The fraction of sp³-hybridized carbons (Fsp3) is 0.190. The van der Waals surface area contributed by atoms with Crippen molar-refractivity contribution in [1.29, 1.82) is 0 Å². The summed E-state index contributed by atoms with van der Waals surface area (Å²) in [6, 6.07) is 15.5. The summed E-state index contributed by atoms with van der Waals surface area (Å²) in [6.45, 7) is 0.198. The molecule has 7 nitrogen and oxygen atoms in total. The van der Waals surface area contributed by atoms with Crippen LogP contribution in [-0.2, 0) is 17.8 Å². The number of amides is 1. The summed E-state index contributed by atoms with van der Waals surface area (Å²) in [5.41, 5.74) is 2.08. The van der Waals surface area contributed by atoms with Gasteiger partial charge in [-0.3, -0.25) is 10.1 Å². The summed E-state index contributed by atoms with van der Waals surface area (Å²) in [5, 5.41) is 13.5. The van der Waals surface area contributed by atoms with Crippen molar-refractivity contribution in [2.75, 3.05) is 19.5 Å². The normalized spacial score (nSPS) is 10.8. The maximum absolute atomic E-state index is 12.5. The number of hydrogen-bond donors (Lipinski definition) is 1. The van der Waals surface area contributed by atoms with E-state index < -0.39 is 0 Å². The molecule has 0 aliphatic rings. The number of hydrogen-bond acceptors (Lipinski definition) is 6. The summed E-state index contributed by atoms with van der Waals surface area (Å²) < 4.78 is 12.3. The average Bonchev–Trinajstić information content (AvgIpc) is 3.35. The molecule has 0 fully saturated rings. The van der Waals surface area contributed by atoms with Crippen LogP contribution in [0.5, 0.6) is 11.5 Å². The van der Waals surface area contributed by atoms with Crippen molar-refractivity contribution in [2.24, 2.45) is 0 Å². The van der Waals surface area contributed by atoms with E-state index in [4.69, 9.17) is 9.47 Å². The van der Waals surface area contributed by atoms with E-state index in [0.29, 0.717) is 11.6 Å². The number of carbonyl (C=O) groups is 1. The van der Waals surface area contributed by atoms with Crippen LogP contribution in [0.1, 0.15) is 10.6 Å². The number of aromatic nitrogens is 3. The second-order valence-corrected chi connectivity index (χ2v) is 7.50. The Morgan fingerprint density at radius 2 is 1.79 bits per heavy atom. The number of fused-ring (bicyclic) bond motifs is 1. The molecular formula is C21H20N4O3S. The Labute approximate surface area is 171 Å². The van der Waals surface area contributed by atoms with Crippen molar-refractivity contribution in [3.63, 3.8) is 0 Å². The van der Waals surface area contributed by atoms with Crippen LogP contribution in [0.4, 0.5) is 5.13 Å². The third-order valence-corrected chi connectivity index (χ3v) is 5.36. The molecule has 0 radical (unpaired) electrons. The molecule has 1 N–H and O–H groups in total. The minimum Gasteiger partial charge on any atom is -0.497 e. The van der Waals surface area contributed by atoms with E-state index in [1.165, 1.54) is 11.3 Å². The van der Waals surface area contributed by atoms with Gasteiger partial charge >= 0.3 is 0 Å². The van der Waals surface area contributed by atoms with Gasteiger partial charge in [0.05, 0.1) is 14.2 Å². The first-order valence-corrected chi connectivity index (χ1v) is 9.84. The molecule has 148 valence electrons. The first kappa shape index (κ1) is 18.9. The lowest BCUT2D eigenvalue weighted by molar-refractivity contribution is -0.116. The van der Waals surface area contributed by atoms with Crippen LogP contribution >= 0.6 is 11.3 Å². The molecule has 8 heteroatoms. The Morgan fingerprint density at radius 3 is 2.55 bits per heavy atom. The van der Waals surface area contributed by atoms with Gasteiger partial charge in [0.15, 0.2) is 0 Å². The van der Waals surface area contributed by atoms with Gasteiger partial charge in [0.25, 0.3) is 0 Å². The van der Waals surface area contributed by atoms with Crippen molar-refractivity contribution in [3.05, 3.63) is 65.3 Å². The number of rotatable bonds is 7. The van der Waals surface area contributed by atoms with E-state index in [-0.39, 0.29) is 12.5 Å². The number of carbonyl (C=O) groups excluding carboxylic acids is 1. The van der Waals surface area contributed by atoms with Crippen LogP contribution in [0.2, 0.25) is 0 Å². The maximum Gasteiger partial charge on any atom is 0.246 e. The Balaban J connectivity index is 1.39. The molecule has 0 saturated carbocycles. The highest BCUT2D eigenvalue weighted by molar-refractivity contribution is 7.15. The Hall–Kier alpha value is -3.39. The molecular weight excluding hydrogens is 388 g/mol. The zero-order valence-electron chi connectivity index (χ0n) is 16.1. The molecule has 0 aliphatic carbocycles. The quantitative estimate of drug-likeness (QED) is 0.504. The molecule has 0 saturated heterocycles. The second kappa shape index (κ2) is 8.32. The maximum atomic E-state index is 12.5. The van der Waals surface area contributed by atoms with Gasteiger partial charge in [0, 0.05) is 23.5 Å². The lowest BCUT2D eigenvalue weighted by atomic mass is 10.1. The lowest BCUT2D eigenvalue weighted by Gasteiger charge is -2.06. The predicted octanol–water partition coefficient (Wildman–Crippen LogP) is 3.74. The van der Waals surface area contributed by atoms with E-state index >= 15 is 0 Å². The van der Waals surface area contributed by atoms with Gasteiger partial charge in [-0.2, -0.15) is 0 Å². The van der Waals surface area contributed by atoms with Gasteiger partial charge in [-0.15, -0.1) is 10.2 Å². The summed E-state index contributed by atoms with van der Waals surface area (Å²) in [5.74, 6) is 1.46. The van der Waals surface area contributed by atoms with E-state index in [1.807, 2.05) is 59.3 Å². The number of nitrogens with one attached hydrogen (secondary N) is 1. The third kappa shape index (κ3) is 4.38. The summed E-state index contributed by atoms with van der Waals surface area (Å²) in [6.07, 6.45) is 2.54. The number of methoxy groups -OCH3 is 2. The molecule has 0 aliphatic heterocycles. The van der Waals surface area contributed by atoms with Gasteiger partial charge in [-0.25, -0.2) is 0 Å². The van der Waals surface area contributed by atoms with E-state index in [9.17, 15) is 4.79 Å². The van der Waals surface area contributed by atoms with Crippen LogP contribution in [0, 0.1) is 0 Å². The molecule has 1 amide bonds. The van der Waals surface area contributed by atoms with Crippen LogP contribution in [0.25, 0.3) is 10.9 Å². The van der Waals surface area contributed by atoms with Crippen LogP contribution < -0.4 is 14.8 Å². The van der Waals surface area contributed by atoms with E-state index in [2.05, 4.69) is 15.5 Å². The topological polar surface area (TPSA) is 78.3 Å². The minimum absolute atomic E-state index is 0.148. The molecule has 29 heavy (non-hydrogen) atoms. The van der Waals surface area contributed by atoms with Crippen molar-refractivity contribution in [3.8, 4) is 11.5 Å². The largest absolute Gasteiger partial charge is 0.497 e. The van der Waals surface area contributed by atoms with Crippen LogP contribution in [0.3, 0.4) is 0 Å². The first-order chi connectivity index (χ1) is 14.1. The molecule has 2 aromatic carbocycles. The fourth-order valence-corrected chi connectivity index (χ4v) is 3.84. The van der Waals surface area contributed by atoms with Gasteiger partial charge in [-0.1, -0.05) is 23.5 Å². The third-order valence-electron chi connectivity index (χ3n) is 4.52. The number of ether oxygens (including phenoxy) is 2. The lowest BCUT2D eigenvalue weighted by Crippen LogP contribution is -2.18. The van der Waals surface area contributed by atoms with Crippen LogP contribution in [-0.4, -0.2) is 34.9 Å². The predicted molar refractivity (Wildman–Crippen MR) is 113 cm³/mol. The summed E-state index contributed by atoms with van der Waals surface area (Å²) in [4.78, 5) is 12.5. The highest BCUT2D eigenvalue weighted by atomic mass is 32.1. The number of anilines is 1. The molecule has 2 heterocycles. The standard InChI is InChI=1S/C21H20N4O3S/c1-27-16-5-3-14(4-6-16)11-20-23-24-21(29-20)22-19(26)13-25-10-9-15-12-17(28-2)7-8-18(15)25/h3-10,12H,11,13H2,1-2H3,(H,22,24,26). The van der Waals surface area contributed by atoms with Gasteiger partial charge in [0.1, 0.15) is 23.1 Å². The molecule has 0 unspecified atom stereocenters. The minimum atomic E-state index is -0.148. The SMILES string of the molecule is COc1ccc(Cc2nnc(NC(=O)Cn3ccc4cc(OC)ccc43)s2)cc1. The fourth-order valence-electron chi connectivity index (χ4n) is 3.05.